The number of likely N-dealkylation sites (tertiary alicyclic amines) is 1. The zero-order chi connectivity index (χ0) is 18.4. The predicted octanol–water partition coefficient (Wildman–Crippen LogP) is 2.07. The van der Waals surface area contributed by atoms with E-state index < -0.39 is 36.6 Å². The predicted molar refractivity (Wildman–Crippen MR) is 84.9 cm³/mol. The maximum Gasteiger partial charge on any atom is 0.401 e. The van der Waals surface area contributed by atoms with E-state index in [1.165, 1.54) is 4.90 Å². The fraction of sp³-hybridized carbons (Fsp3) is 0.529. The molecule has 1 aliphatic rings. The molecule has 0 radical (unpaired) electrons. The average Bonchev–Trinajstić information content (AvgIpc) is 2.53. The third-order valence-corrected chi connectivity index (χ3v) is 4.18. The van der Waals surface area contributed by atoms with E-state index in [0.717, 1.165) is 5.56 Å². The standard InChI is InChI=1S/C17H21F3N2O3/c18-17(19,20)11-22-8-4-7-13(10-22)15(23)21-14(16(24)25)9-12-5-2-1-3-6-12/h1-3,5-6,13-14H,4,7-11H2,(H,21,23)(H,24,25)/t13?,14-/m0/s1. The van der Waals surface area contributed by atoms with E-state index in [4.69, 9.17) is 0 Å². The molecule has 1 heterocycles. The fourth-order valence-electron chi connectivity index (χ4n) is 3.01. The topological polar surface area (TPSA) is 69.6 Å². The van der Waals surface area contributed by atoms with Crippen molar-refractivity contribution in [3.63, 3.8) is 0 Å². The molecule has 1 fully saturated rings. The van der Waals surface area contributed by atoms with Crippen molar-refractivity contribution in [3.8, 4) is 0 Å². The Morgan fingerprint density at radius 1 is 1.28 bits per heavy atom. The van der Waals surface area contributed by atoms with Crippen LogP contribution in [0.4, 0.5) is 13.2 Å². The molecule has 0 aliphatic carbocycles. The molecule has 2 atom stereocenters. The second-order valence-corrected chi connectivity index (χ2v) is 6.28. The van der Waals surface area contributed by atoms with Gasteiger partial charge in [-0.15, -0.1) is 0 Å². The molecule has 138 valence electrons. The van der Waals surface area contributed by atoms with Crippen LogP contribution in [-0.2, 0) is 16.0 Å². The van der Waals surface area contributed by atoms with E-state index in [0.29, 0.717) is 12.8 Å². The van der Waals surface area contributed by atoms with Gasteiger partial charge >= 0.3 is 12.1 Å². The van der Waals surface area contributed by atoms with Gasteiger partial charge in [0.2, 0.25) is 5.91 Å². The Balaban J connectivity index is 1.94. The van der Waals surface area contributed by atoms with Crippen LogP contribution in [0.2, 0.25) is 0 Å². The quantitative estimate of drug-likeness (QED) is 0.817. The van der Waals surface area contributed by atoms with Crippen LogP contribution >= 0.6 is 0 Å². The van der Waals surface area contributed by atoms with E-state index >= 15 is 0 Å². The summed E-state index contributed by atoms with van der Waals surface area (Å²) in [6, 6.07) is 7.75. The maximum atomic E-state index is 12.5. The molecule has 0 spiro atoms. The van der Waals surface area contributed by atoms with Crippen LogP contribution in [-0.4, -0.2) is 53.7 Å². The van der Waals surface area contributed by atoms with E-state index in [-0.39, 0.29) is 19.5 Å². The third-order valence-electron chi connectivity index (χ3n) is 4.18. The highest BCUT2D eigenvalue weighted by molar-refractivity contribution is 5.85. The van der Waals surface area contributed by atoms with Gasteiger partial charge in [-0.05, 0) is 24.9 Å². The largest absolute Gasteiger partial charge is 0.480 e. The Kier molecular flexibility index (Phi) is 6.41. The first kappa shape index (κ1) is 19.2. The smallest absolute Gasteiger partial charge is 0.401 e. The number of carboxylic acid groups (broad SMARTS) is 1. The van der Waals surface area contributed by atoms with Crippen molar-refractivity contribution in [1.82, 2.24) is 10.2 Å². The first-order valence-electron chi connectivity index (χ1n) is 8.11. The van der Waals surface area contributed by atoms with Gasteiger partial charge in [-0.3, -0.25) is 9.69 Å². The van der Waals surface area contributed by atoms with Crippen LogP contribution in [0.25, 0.3) is 0 Å². The van der Waals surface area contributed by atoms with Gasteiger partial charge in [-0.25, -0.2) is 4.79 Å². The molecular weight excluding hydrogens is 337 g/mol. The van der Waals surface area contributed by atoms with Crippen molar-refractivity contribution >= 4 is 11.9 Å². The summed E-state index contributed by atoms with van der Waals surface area (Å²) in [5.41, 5.74) is 0.762. The number of nitrogens with zero attached hydrogens (tertiary/aromatic N) is 1. The third kappa shape index (κ3) is 6.38. The molecule has 1 saturated heterocycles. The van der Waals surface area contributed by atoms with Crippen LogP contribution in [0.1, 0.15) is 18.4 Å². The van der Waals surface area contributed by atoms with E-state index in [9.17, 15) is 27.9 Å². The van der Waals surface area contributed by atoms with Gasteiger partial charge in [0, 0.05) is 13.0 Å². The minimum atomic E-state index is -4.31. The Morgan fingerprint density at radius 2 is 1.96 bits per heavy atom. The SMILES string of the molecule is O=C(N[C@@H](Cc1ccccc1)C(=O)O)C1CCCN(CC(F)(F)F)C1. The molecule has 8 heteroatoms. The second-order valence-electron chi connectivity index (χ2n) is 6.28. The molecule has 2 N–H and O–H groups in total. The Labute approximate surface area is 143 Å². The summed E-state index contributed by atoms with van der Waals surface area (Å²) in [7, 11) is 0. The van der Waals surface area contributed by atoms with Gasteiger partial charge in [0.25, 0.3) is 0 Å². The molecule has 2 rings (SSSR count). The van der Waals surface area contributed by atoms with Gasteiger partial charge in [-0.1, -0.05) is 30.3 Å². The molecule has 1 amide bonds. The van der Waals surface area contributed by atoms with Crippen molar-refractivity contribution in [2.45, 2.75) is 31.5 Å². The van der Waals surface area contributed by atoms with Gasteiger partial charge in [0.1, 0.15) is 6.04 Å². The van der Waals surface area contributed by atoms with Crippen molar-refractivity contribution in [2.24, 2.45) is 5.92 Å². The van der Waals surface area contributed by atoms with Crippen LogP contribution in [0.3, 0.4) is 0 Å². The summed E-state index contributed by atoms with van der Waals surface area (Å²) in [5.74, 6) is -2.30. The summed E-state index contributed by atoms with van der Waals surface area (Å²) in [6.07, 6.45) is -3.25. The van der Waals surface area contributed by atoms with E-state index in [1.54, 1.807) is 30.3 Å². The lowest BCUT2D eigenvalue weighted by atomic mass is 9.96. The monoisotopic (exact) mass is 358 g/mol. The Bertz CT molecular complexity index is 593. The molecular formula is C17H21F3N2O3. The highest BCUT2D eigenvalue weighted by Gasteiger charge is 2.35. The number of carbonyl (C=O) groups is 2. The molecule has 1 aromatic rings. The lowest BCUT2D eigenvalue weighted by molar-refractivity contribution is -0.152. The second kappa shape index (κ2) is 8.33. The van der Waals surface area contributed by atoms with Crippen LogP contribution in [0, 0.1) is 5.92 Å². The number of hydrogen-bond acceptors (Lipinski definition) is 3. The van der Waals surface area contributed by atoms with E-state index in [2.05, 4.69) is 5.32 Å². The summed E-state index contributed by atoms with van der Waals surface area (Å²) < 4.78 is 37.5. The number of nitrogens with one attached hydrogen (secondary N) is 1. The van der Waals surface area contributed by atoms with Crippen LogP contribution in [0.15, 0.2) is 30.3 Å². The van der Waals surface area contributed by atoms with Gasteiger partial charge < -0.3 is 10.4 Å². The molecule has 1 aliphatic heterocycles. The first-order valence-corrected chi connectivity index (χ1v) is 8.11. The Morgan fingerprint density at radius 3 is 2.56 bits per heavy atom. The first-order chi connectivity index (χ1) is 11.7. The van der Waals surface area contributed by atoms with E-state index in [1.807, 2.05) is 0 Å². The maximum absolute atomic E-state index is 12.5. The number of benzene rings is 1. The highest BCUT2D eigenvalue weighted by atomic mass is 19.4. The summed E-state index contributed by atoms with van der Waals surface area (Å²) >= 11 is 0. The zero-order valence-electron chi connectivity index (χ0n) is 13.6. The highest BCUT2D eigenvalue weighted by Crippen LogP contribution is 2.22. The lowest BCUT2D eigenvalue weighted by Gasteiger charge is -2.32. The molecule has 0 saturated carbocycles. The van der Waals surface area contributed by atoms with Crippen molar-refractivity contribution in [3.05, 3.63) is 35.9 Å². The number of carbonyl (C=O) groups excluding carboxylic acids is 1. The number of amides is 1. The summed E-state index contributed by atoms with van der Waals surface area (Å²) in [4.78, 5) is 24.9. The molecule has 1 aromatic carbocycles. The number of alkyl halides is 3. The number of carboxylic acids is 1. The van der Waals surface area contributed by atoms with Crippen molar-refractivity contribution in [1.29, 1.82) is 0 Å². The van der Waals surface area contributed by atoms with Gasteiger partial charge in [0.05, 0.1) is 12.5 Å². The number of aliphatic carboxylic acids is 1. The molecule has 5 nitrogen and oxygen atoms in total. The van der Waals surface area contributed by atoms with Crippen LogP contribution in [0.5, 0.6) is 0 Å². The Hall–Kier alpha value is -2.09. The summed E-state index contributed by atoms with van der Waals surface area (Å²) in [6.45, 7) is -0.776. The zero-order valence-corrected chi connectivity index (χ0v) is 13.6. The van der Waals surface area contributed by atoms with Crippen LogP contribution < -0.4 is 5.32 Å². The van der Waals surface area contributed by atoms with Gasteiger partial charge in [0.15, 0.2) is 0 Å². The molecule has 25 heavy (non-hydrogen) atoms. The fourth-order valence-corrected chi connectivity index (χ4v) is 3.01. The molecule has 0 aromatic heterocycles. The average molecular weight is 358 g/mol. The lowest BCUT2D eigenvalue weighted by Crippen LogP contribution is -2.50. The minimum absolute atomic E-state index is 0.0109. The minimum Gasteiger partial charge on any atom is -0.480 e. The van der Waals surface area contributed by atoms with Gasteiger partial charge in [-0.2, -0.15) is 13.2 Å². The number of piperidine rings is 1. The normalized spacial score (nSPS) is 20.0. The summed E-state index contributed by atoms with van der Waals surface area (Å²) in [5, 5.41) is 11.8. The molecule has 1 unspecified atom stereocenters. The van der Waals surface area contributed by atoms with Crippen molar-refractivity contribution in [2.75, 3.05) is 19.6 Å². The number of hydrogen-bond donors (Lipinski definition) is 2. The van der Waals surface area contributed by atoms with Crippen molar-refractivity contribution < 1.29 is 27.9 Å². The number of rotatable bonds is 6. The molecule has 0 bridgehead atoms. The number of halogens is 3.